The van der Waals surface area contributed by atoms with Crippen LogP contribution >= 0.6 is 0 Å². The van der Waals surface area contributed by atoms with E-state index in [2.05, 4.69) is 22.3 Å². The minimum atomic E-state index is -3.17. The van der Waals surface area contributed by atoms with Crippen molar-refractivity contribution >= 4 is 21.6 Å². The molecule has 0 atom stereocenters. The highest BCUT2D eigenvalue weighted by Crippen LogP contribution is 2.14. The van der Waals surface area contributed by atoms with Gasteiger partial charge in [0.2, 0.25) is 10.0 Å². The molecule has 1 aromatic rings. The average molecular weight is 313 g/mol. The Morgan fingerprint density at radius 3 is 2.52 bits per heavy atom. The molecule has 0 fully saturated rings. The van der Waals surface area contributed by atoms with E-state index in [-0.39, 0.29) is 5.91 Å². The first-order chi connectivity index (χ1) is 9.94. The monoisotopic (exact) mass is 313 g/mol. The molecule has 1 aromatic carbocycles. The van der Waals surface area contributed by atoms with Crippen LogP contribution in [-0.4, -0.2) is 40.2 Å². The van der Waals surface area contributed by atoms with Crippen LogP contribution in [-0.2, 0) is 10.0 Å². The van der Waals surface area contributed by atoms with E-state index in [0.29, 0.717) is 25.1 Å². The number of nitrogens with one attached hydrogen (secondary N) is 3. The Bertz CT molecular complexity index is 558. The summed E-state index contributed by atoms with van der Waals surface area (Å²) in [6.07, 6.45) is 2.64. The summed E-state index contributed by atoms with van der Waals surface area (Å²) in [5.41, 5.74) is 1.41. The van der Waals surface area contributed by atoms with Gasteiger partial charge in [-0.3, -0.25) is 4.79 Å². The van der Waals surface area contributed by atoms with E-state index in [0.717, 1.165) is 24.9 Å². The molecule has 3 N–H and O–H groups in total. The Hall–Kier alpha value is -1.60. The van der Waals surface area contributed by atoms with Crippen molar-refractivity contribution in [1.82, 2.24) is 10.0 Å². The topological polar surface area (TPSA) is 87.3 Å². The molecule has 0 spiro atoms. The van der Waals surface area contributed by atoms with E-state index >= 15 is 0 Å². The van der Waals surface area contributed by atoms with Crippen molar-refractivity contribution < 1.29 is 13.2 Å². The maximum atomic E-state index is 12.1. The first kappa shape index (κ1) is 17.5. The highest BCUT2D eigenvalue weighted by atomic mass is 32.2. The molecule has 118 valence electrons. The molecule has 0 unspecified atom stereocenters. The van der Waals surface area contributed by atoms with Crippen molar-refractivity contribution in [3.63, 3.8) is 0 Å². The lowest BCUT2D eigenvalue weighted by Crippen LogP contribution is -2.29. The molecule has 21 heavy (non-hydrogen) atoms. The number of hydrogen-bond acceptors (Lipinski definition) is 4. The van der Waals surface area contributed by atoms with Gasteiger partial charge in [-0.15, -0.1) is 0 Å². The normalized spacial score (nSPS) is 11.1. The summed E-state index contributed by atoms with van der Waals surface area (Å²) >= 11 is 0. The molecule has 7 heteroatoms. The Kier molecular flexibility index (Phi) is 7.18. The summed E-state index contributed by atoms with van der Waals surface area (Å²) in [5, 5.41) is 6.00. The molecular formula is C14H23N3O3S. The minimum Gasteiger partial charge on any atom is -0.384 e. The second-order valence-electron chi connectivity index (χ2n) is 4.75. The van der Waals surface area contributed by atoms with Gasteiger partial charge in [0, 0.05) is 25.3 Å². The van der Waals surface area contributed by atoms with Crippen LogP contribution in [0.1, 0.15) is 30.1 Å². The van der Waals surface area contributed by atoms with Gasteiger partial charge in [-0.1, -0.05) is 19.1 Å². The number of benzene rings is 1. The van der Waals surface area contributed by atoms with Crippen molar-refractivity contribution in [2.45, 2.75) is 19.8 Å². The minimum absolute atomic E-state index is 0.159. The standard InChI is InChI=1S/C14H23N3O3S/c1-3-9-15-13-8-5-4-7-12(13)14(18)16-10-6-11-17-21(2,19)20/h4-5,7-8,15,17H,3,6,9-11H2,1-2H3,(H,16,18). The van der Waals surface area contributed by atoms with Gasteiger partial charge in [-0.25, -0.2) is 13.1 Å². The number of carbonyl (C=O) groups is 1. The van der Waals surface area contributed by atoms with Crippen molar-refractivity contribution in [3.05, 3.63) is 29.8 Å². The predicted octanol–water partition coefficient (Wildman–Crippen LogP) is 1.18. The molecule has 0 bridgehead atoms. The van der Waals surface area contributed by atoms with Crippen molar-refractivity contribution in [2.75, 3.05) is 31.2 Å². The van der Waals surface area contributed by atoms with Crippen LogP contribution < -0.4 is 15.4 Å². The zero-order chi connectivity index (χ0) is 15.7. The van der Waals surface area contributed by atoms with Crippen LogP contribution in [0.2, 0.25) is 0 Å². The maximum Gasteiger partial charge on any atom is 0.253 e. The number of carbonyl (C=O) groups excluding carboxylic acids is 1. The highest BCUT2D eigenvalue weighted by molar-refractivity contribution is 7.88. The molecule has 6 nitrogen and oxygen atoms in total. The number of hydrogen-bond donors (Lipinski definition) is 3. The molecule has 0 heterocycles. The fraction of sp³-hybridized carbons (Fsp3) is 0.500. The Balaban J connectivity index is 2.45. The zero-order valence-electron chi connectivity index (χ0n) is 12.5. The summed E-state index contributed by atoms with van der Waals surface area (Å²) in [6.45, 7) is 3.60. The van der Waals surface area contributed by atoms with Gasteiger partial charge in [-0.2, -0.15) is 0 Å². The second kappa shape index (κ2) is 8.63. The molecule has 0 aromatic heterocycles. The molecule has 0 aliphatic rings. The van der Waals surface area contributed by atoms with Crippen LogP contribution in [0.4, 0.5) is 5.69 Å². The number of anilines is 1. The Labute approximate surface area is 126 Å². The molecule has 0 saturated carbocycles. The Morgan fingerprint density at radius 1 is 1.14 bits per heavy atom. The van der Waals surface area contributed by atoms with Gasteiger partial charge in [0.25, 0.3) is 5.91 Å². The van der Waals surface area contributed by atoms with Gasteiger partial charge in [0.1, 0.15) is 0 Å². The lowest BCUT2D eigenvalue weighted by atomic mass is 10.1. The third-order valence-electron chi connectivity index (χ3n) is 2.74. The number of para-hydroxylation sites is 1. The first-order valence-electron chi connectivity index (χ1n) is 6.99. The quantitative estimate of drug-likeness (QED) is 0.597. The van der Waals surface area contributed by atoms with Crippen molar-refractivity contribution in [2.24, 2.45) is 0 Å². The summed E-state index contributed by atoms with van der Waals surface area (Å²) < 4.78 is 24.2. The van der Waals surface area contributed by atoms with E-state index in [1.807, 2.05) is 18.2 Å². The van der Waals surface area contributed by atoms with Gasteiger partial charge in [-0.05, 0) is 25.0 Å². The fourth-order valence-electron chi connectivity index (χ4n) is 1.74. The molecule has 0 aliphatic carbocycles. The average Bonchev–Trinajstić information content (AvgIpc) is 2.43. The lowest BCUT2D eigenvalue weighted by Gasteiger charge is -2.11. The van der Waals surface area contributed by atoms with Crippen LogP contribution in [0.25, 0.3) is 0 Å². The summed E-state index contributed by atoms with van der Waals surface area (Å²) in [4.78, 5) is 12.1. The van der Waals surface area contributed by atoms with Crippen molar-refractivity contribution in [1.29, 1.82) is 0 Å². The lowest BCUT2D eigenvalue weighted by molar-refractivity contribution is 0.0954. The van der Waals surface area contributed by atoms with Gasteiger partial charge >= 0.3 is 0 Å². The highest BCUT2D eigenvalue weighted by Gasteiger charge is 2.09. The third-order valence-corrected chi connectivity index (χ3v) is 3.47. The van der Waals surface area contributed by atoms with E-state index < -0.39 is 10.0 Å². The van der Waals surface area contributed by atoms with Gasteiger partial charge < -0.3 is 10.6 Å². The van der Waals surface area contributed by atoms with Gasteiger partial charge in [0.05, 0.1) is 11.8 Å². The summed E-state index contributed by atoms with van der Waals surface area (Å²) in [5.74, 6) is -0.159. The molecule has 0 aliphatic heterocycles. The molecule has 1 rings (SSSR count). The molecule has 1 amide bonds. The van der Waals surface area contributed by atoms with Crippen LogP contribution in [0, 0.1) is 0 Å². The third kappa shape index (κ3) is 7.10. The van der Waals surface area contributed by atoms with Crippen LogP contribution in [0.5, 0.6) is 0 Å². The molecular weight excluding hydrogens is 290 g/mol. The summed E-state index contributed by atoms with van der Waals surface area (Å²) in [7, 11) is -3.17. The molecule has 0 radical (unpaired) electrons. The van der Waals surface area contributed by atoms with Crippen molar-refractivity contribution in [3.8, 4) is 0 Å². The first-order valence-corrected chi connectivity index (χ1v) is 8.89. The van der Waals surface area contributed by atoms with E-state index in [1.165, 1.54) is 0 Å². The fourth-order valence-corrected chi connectivity index (χ4v) is 2.25. The Morgan fingerprint density at radius 2 is 1.86 bits per heavy atom. The van der Waals surface area contributed by atoms with Crippen LogP contribution in [0.15, 0.2) is 24.3 Å². The van der Waals surface area contributed by atoms with Crippen LogP contribution in [0.3, 0.4) is 0 Å². The summed E-state index contributed by atoms with van der Waals surface area (Å²) in [6, 6.07) is 7.33. The maximum absolute atomic E-state index is 12.1. The SMILES string of the molecule is CCCNc1ccccc1C(=O)NCCCNS(C)(=O)=O. The smallest absolute Gasteiger partial charge is 0.253 e. The largest absolute Gasteiger partial charge is 0.384 e. The van der Waals surface area contributed by atoms with Gasteiger partial charge in [0.15, 0.2) is 0 Å². The number of sulfonamides is 1. The second-order valence-corrected chi connectivity index (χ2v) is 6.58. The molecule has 0 saturated heterocycles. The zero-order valence-corrected chi connectivity index (χ0v) is 13.3. The van der Waals surface area contributed by atoms with E-state index in [4.69, 9.17) is 0 Å². The number of rotatable bonds is 9. The number of amides is 1. The predicted molar refractivity (Wildman–Crippen MR) is 85.0 cm³/mol. The van der Waals surface area contributed by atoms with E-state index in [1.54, 1.807) is 6.07 Å². The van der Waals surface area contributed by atoms with E-state index in [9.17, 15) is 13.2 Å².